The van der Waals surface area contributed by atoms with Crippen LogP contribution in [0.15, 0.2) is 42.5 Å². The lowest BCUT2D eigenvalue weighted by Gasteiger charge is -2.15. The first-order valence-corrected chi connectivity index (χ1v) is 9.12. The number of carbonyl (C=O) groups is 2. The summed E-state index contributed by atoms with van der Waals surface area (Å²) in [5, 5.41) is 2.39. The zero-order chi connectivity index (χ0) is 20.5. The van der Waals surface area contributed by atoms with Gasteiger partial charge in [-0.2, -0.15) is 0 Å². The molecule has 1 N–H and O–H groups in total. The lowest BCUT2D eigenvalue weighted by molar-refractivity contribution is -0.123. The molecule has 2 rings (SSSR count). The maximum atomic E-state index is 13.6. The summed E-state index contributed by atoms with van der Waals surface area (Å²) < 4.78 is 29.9. The van der Waals surface area contributed by atoms with Gasteiger partial charge in [0.1, 0.15) is 5.82 Å². The molecule has 0 heterocycles. The summed E-state index contributed by atoms with van der Waals surface area (Å²) in [6.45, 7) is 6.15. The van der Waals surface area contributed by atoms with Crippen LogP contribution in [0.3, 0.4) is 0 Å². The number of rotatable bonds is 9. The largest absolute Gasteiger partial charge is 0.490 e. The van der Waals surface area contributed by atoms with Crippen molar-refractivity contribution in [1.82, 2.24) is 0 Å². The van der Waals surface area contributed by atoms with Crippen LogP contribution < -0.4 is 14.8 Å². The van der Waals surface area contributed by atoms with Crippen LogP contribution in [-0.4, -0.2) is 31.2 Å². The van der Waals surface area contributed by atoms with E-state index in [2.05, 4.69) is 5.32 Å². The molecule has 0 fully saturated rings. The highest BCUT2D eigenvalue weighted by Crippen LogP contribution is 2.29. The summed E-state index contributed by atoms with van der Waals surface area (Å²) in [6, 6.07) is 10.4. The predicted octanol–water partition coefficient (Wildman–Crippen LogP) is 4.20. The normalized spacial score (nSPS) is 11.4. The molecule has 6 nitrogen and oxygen atoms in total. The molecule has 0 aliphatic heterocycles. The minimum Gasteiger partial charge on any atom is -0.490 e. The summed E-state index contributed by atoms with van der Waals surface area (Å²) in [5.74, 6) is -0.941. The Kier molecular flexibility index (Phi) is 7.80. The molecule has 1 atom stereocenters. The molecule has 0 spiro atoms. The molecule has 1 unspecified atom stereocenters. The van der Waals surface area contributed by atoms with Gasteiger partial charge in [-0.15, -0.1) is 0 Å². The number of esters is 1. The van der Waals surface area contributed by atoms with Crippen molar-refractivity contribution < 1.29 is 28.2 Å². The first-order valence-electron chi connectivity index (χ1n) is 9.12. The van der Waals surface area contributed by atoms with Gasteiger partial charge in [0, 0.05) is 0 Å². The summed E-state index contributed by atoms with van der Waals surface area (Å²) in [7, 11) is 0. The van der Waals surface area contributed by atoms with E-state index < -0.39 is 23.8 Å². The zero-order valence-corrected chi connectivity index (χ0v) is 16.2. The Morgan fingerprint density at radius 3 is 2.50 bits per heavy atom. The maximum absolute atomic E-state index is 13.6. The van der Waals surface area contributed by atoms with Crippen LogP contribution in [-0.2, 0) is 9.53 Å². The summed E-state index contributed by atoms with van der Waals surface area (Å²) in [6.07, 6.45) is -0.275. The Labute approximate surface area is 163 Å². The number of ether oxygens (including phenoxy) is 3. The molecule has 0 radical (unpaired) electrons. The SMILES string of the molecule is CCCOc1ccc(C(=O)OC(C)C(=O)Nc2ccccc2F)cc1OCC. The third kappa shape index (κ3) is 5.70. The monoisotopic (exact) mass is 389 g/mol. The van der Waals surface area contributed by atoms with Crippen LogP contribution in [0.25, 0.3) is 0 Å². The van der Waals surface area contributed by atoms with Crippen LogP contribution in [0.4, 0.5) is 10.1 Å². The highest BCUT2D eigenvalue weighted by atomic mass is 19.1. The van der Waals surface area contributed by atoms with Crippen LogP contribution in [0.2, 0.25) is 0 Å². The molecule has 0 aliphatic carbocycles. The van der Waals surface area contributed by atoms with Gasteiger partial charge in [-0.05, 0) is 50.6 Å². The second-order valence-electron chi connectivity index (χ2n) is 5.96. The molecule has 2 aromatic rings. The van der Waals surface area contributed by atoms with Crippen LogP contribution >= 0.6 is 0 Å². The Balaban J connectivity index is 2.05. The smallest absolute Gasteiger partial charge is 0.339 e. The lowest BCUT2D eigenvalue weighted by atomic mass is 10.2. The fourth-order valence-electron chi connectivity index (χ4n) is 2.31. The zero-order valence-electron chi connectivity index (χ0n) is 16.2. The highest BCUT2D eigenvalue weighted by molar-refractivity contribution is 5.97. The predicted molar refractivity (Wildman–Crippen MR) is 103 cm³/mol. The highest BCUT2D eigenvalue weighted by Gasteiger charge is 2.21. The molecule has 28 heavy (non-hydrogen) atoms. The molecule has 150 valence electrons. The molecular weight excluding hydrogens is 365 g/mol. The van der Waals surface area contributed by atoms with Gasteiger partial charge in [-0.25, -0.2) is 9.18 Å². The number of hydrogen-bond acceptors (Lipinski definition) is 5. The van der Waals surface area contributed by atoms with Gasteiger partial charge in [0.2, 0.25) is 0 Å². The Bertz CT molecular complexity index is 824. The van der Waals surface area contributed by atoms with Crippen LogP contribution in [0.1, 0.15) is 37.6 Å². The summed E-state index contributed by atoms with van der Waals surface area (Å²) >= 11 is 0. The number of para-hydroxylation sites is 1. The van der Waals surface area contributed by atoms with Gasteiger partial charge in [-0.3, -0.25) is 4.79 Å². The van der Waals surface area contributed by atoms with E-state index in [9.17, 15) is 14.0 Å². The van der Waals surface area contributed by atoms with Crippen molar-refractivity contribution in [1.29, 1.82) is 0 Å². The standard InChI is InChI=1S/C21H24FNO5/c1-4-12-27-18-11-10-15(13-19(18)26-5-2)21(25)28-14(3)20(24)23-17-9-7-6-8-16(17)22/h6-11,13-14H,4-5,12H2,1-3H3,(H,23,24). The fraction of sp³-hybridized carbons (Fsp3) is 0.333. The number of nitrogens with one attached hydrogen (secondary N) is 1. The van der Waals surface area contributed by atoms with E-state index in [-0.39, 0.29) is 11.3 Å². The summed E-state index contributed by atoms with van der Waals surface area (Å²) in [4.78, 5) is 24.6. The van der Waals surface area contributed by atoms with Crippen molar-refractivity contribution in [2.24, 2.45) is 0 Å². The molecule has 0 saturated heterocycles. The van der Waals surface area contributed by atoms with Gasteiger partial charge in [0.15, 0.2) is 17.6 Å². The van der Waals surface area contributed by atoms with E-state index >= 15 is 0 Å². The van der Waals surface area contributed by atoms with E-state index in [4.69, 9.17) is 14.2 Å². The molecular formula is C21H24FNO5. The van der Waals surface area contributed by atoms with E-state index in [1.807, 2.05) is 13.8 Å². The van der Waals surface area contributed by atoms with E-state index in [0.717, 1.165) is 6.42 Å². The first kappa shape index (κ1) is 21.2. The van der Waals surface area contributed by atoms with E-state index in [1.54, 1.807) is 12.1 Å². The van der Waals surface area contributed by atoms with Crippen molar-refractivity contribution in [3.8, 4) is 11.5 Å². The molecule has 0 aliphatic rings. The Hall–Kier alpha value is -3.09. The Morgan fingerprint density at radius 1 is 1.07 bits per heavy atom. The number of carbonyl (C=O) groups excluding carboxylic acids is 2. The van der Waals surface area contributed by atoms with Gasteiger partial charge >= 0.3 is 5.97 Å². The first-order chi connectivity index (χ1) is 13.5. The minimum atomic E-state index is -1.11. The van der Waals surface area contributed by atoms with Crippen LogP contribution in [0.5, 0.6) is 11.5 Å². The minimum absolute atomic E-state index is 0.0199. The van der Waals surface area contributed by atoms with Crippen molar-refractivity contribution in [2.45, 2.75) is 33.3 Å². The number of hydrogen-bond donors (Lipinski definition) is 1. The molecule has 2 aromatic carbocycles. The second kappa shape index (κ2) is 10.3. The van der Waals surface area contributed by atoms with E-state index in [0.29, 0.717) is 24.7 Å². The van der Waals surface area contributed by atoms with Crippen LogP contribution in [0, 0.1) is 5.82 Å². The van der Waals surface area contributed by atoms with Crippen molar-refractivity contribution in [3.05, 3.63) is 53.8 Å². The topological polar surface area (TPSA) is 73.9 Å². The van der Waals surface area contributed by atoms with E-state index in [1.165, 1.54) is 37.3 Å². The van der Waals surface area contributed by atoms with Crippen molar-refractivity contribution in [2.75, 3.05) is 18.5 Å². The van der Waals surface area contributed by atoms with Gasteiger partial charge in [0.25, 0.3) is 5.91 Å². The van der Waals surface area contributed by atoms with Crippen molar-refractivity contribution >= 4 is 17.6 Å². The number of amides is 1. The maximum Gasteiger partial charge on any atom is 0.339 e. The average Bonchev–Trinajstić information content (AvgIpc) is 2.68. The number of anilines is 1. The van der Waals surface area contributed by atoms with Gasteiger partial charge < -0.3 is 19.5 Å². The number of halogens is 1. The van der Waals surface area contributed by atoms with Gasteiger partial charge in [0.05, 0.1) is 24.5 Å². The molecule has 0 bridgehead atoms. The van der Waals surface area contributed by atoms with Crippen molar-refractivity contribution in [3.63, 3.8) is 0 Å². The Morgan fingerprint density at radius 2 is 1.82 bits per heavy atom. The second-order valence-corrected chi connectivity index (χ2v) is 5.96. The molecule has 7 heteroatoms. The molecule has 0 aromatic heterocycles. The summed E-state index contributed by atoms with van der Waals surface area (Å²) in [5.41, 5.74) is 0.240. The van der Waals surface area contributed by atoms with Gasteiger partial charge in [-0.1, -0.05) is 19.1 Å². The third-order valence-corrected chi connectivity index (χ3v) is 3.73. The molecule has 0 saturated carbocycles. The number of benzene rings is 2. The molecule has 1 amide bonds. The third-order valence-electron chi connectivity index (χ3n) is 3.73. The average molecular weight is 389 g/mol. The quantitative estimate of drug-likeness (QED) is 0.651. The fourth-order valence-corrected chi connectivity index (χ4v) is 2.31. The lowest BCUT2D eigenvalue weighted by Crippen LogP contribution is -2.30.